The Balaban J connectivity index is 1.95. The van der Waals surface area contributed by atoms with Crippen molar-refractivity contribution in [2.45, 2.75) is 6.04 Å². The molecule has 3 rings (SSSR count). The average molecular weight is 311 g/mol. The summed E-state index contributed by atoms with van der Waals surface area (Å²) in [5.74, 6) is 1.41. The van der Waals surface area contributed by atoms with Gasteiger partial charge in [0.05, 0.1) is 21.8 Å². The molecule has 0 radical (unpaired) electrons. The molecule has 4 nitrogen and oxygen atoms in total. The lowest BCUT2D eigenvalue weighted by Crippen LogP contribution is -2.17. The molecule has 0 aliphatic carbocycles. The Morgan fingerprint density at radius 3 is 2.60 bits per heavy atom. The van der Waals surface area contributed by atoms with Crippen LogP contribution in [0.1, 0.15) is 17.3 Å². The second kappa shape index (κ2) is 5.48. The summed E-state index contributed by atoms with van der Waals surface area (Å²) >= 11 is 12.0. The van der Waals surface area contributed by atoms with Crippen LogP contribution in [-0.2, 0) is 0 Å². The molecule has 0 fully saturated rings. The predicted molar refractivity (Wildman–Crippen MR) is 77.7 cm³/mol. The zero-order valence-electron chi connectivity index (χ0n) is 10.5. The third-order valence-electron chi connectivity index (χ3n) is 3.06. The van der Waals surface area contributed by atoms with Crippen LogP contribution in [0, 0.1) is 0 Å². The fourth-order valence-corrected chi connectivity index (χ4v) is 2.56. The van der Waals surface area contributed by atoms with Gasteiger partial charge in [0.2, 0.25) is 0 Å². The van der Waals surface area contributed by atoms with E-state index in [-0.39, 0.29) is 0 Å². The van der Waals surface area contributed by atoms with Gasteiger partial charge in [-0.15, -0.1) is 0 Å². The molecule has 0 amide bonds. The van der Waals surface area contributed by atoms with Crippen LogP contribution in [0.2, 0.25) is 10.0 Å². The molecule has 1 aliphatic rings. The summed E-state index contributed by atoms with van der Waals surface area (Å²) in [6, 6.07) is 6.75. The van der Waals surface area contributed by atoms with Crippen LogP contribution < -0.4 is 15.2 Å². The van der Waals surface area contributed by atoms with Crippen LogP contribution in [0.3, 0.4) is 0 Å². The number of pyridine rings is 1. The Morgan fingerprint density at radius 2 is 1.85 bits per heavy atom. The Hall–Kier alpha value is -1.49. The topological polar surface area (TPSA) is 57.4 Å². The average Bonchev–Trinajstić information content (AvgIpc) is 2.46. The molecule has 1 aromatic heterocycles. The number of aromatic nitrogens is 1. The van der Waals surface area contributed by atoms with E-state index >= 15 is 0 Å². The molecule has 20 heavy (non-hydrogen) atoms. The minimum atomic E-state index is -0.449. The first kappa shape index (κ1) is 13.5. The minimum absolute atomic E-state index is 0.444. The summed E-state index contributed by atoms with van der Waals surface area (Å²) < 4.78 is 11.0. The number of fused-ring (bicyclic) bond motifs is 1. The highest BCUT2D eigenvalue weighted by molar-refractivity contribution is 6.34. The van der Waals surface area contributed by atoms with E-state index in [4.69, 9.17) is 38.4 Å². The van der Waals surface area contributed by atoms with E-state index in [2.05, 4.69) is 4.98 Å². The van der Waals surface area contributed by atoms with Crippen LogP contribution in [0.5, 0.6) is 11.5 Å². The van der Waals surface area contributed by atoms with Crippen molar-refractivity contribution >= 4 is 23.2 Å². The van der Waals surface area contributed by atoms with Crippen LogP contribution in [0.15, 0.2) is 30.5 Å². The first-order chi connectivity index (χ1) is 9.65. The molecule has 1 aliphatic heterocycles. The largest absolute Gasteiger partial charge is 0.486 e. The molecular formula is C14H12Cl2N2O2. The second-order valence-electron chi connectivity index (χ2n) is 4.40. The highest BCUT2D eigenvalue weighted by atomic mass is 35.5. The number of hydrogen-bond donors (Lipinski definition) is 1. The highest BCUT2D eigenvalue weighted by Gasteiger charge is 2.18. The molecule has 2 N–H and O–H groups in total. The lowest BCUT2D eigenvalue weighted by Gasteiger charge is -2.20. The molecule has 1 aromatic carbocycles. The molecular weight excluding hydrogens is 299 g/mol. The number of rotatable bonds is 2. The maximum Gasteiger partial charge on any atom is 0.161 e. The first-order valence-electron chi connectivity index (χ1n) is 6.11. The molecule has 2 heterocycles. The van der Waals surface area contributed by atoms with Gasteiger partial charge in [0, 0.05) is 6.20 Å². The van der Waals surface area contributed by atoms with E-state index in [0.29, 0.717) is 34.7 Å². The normalized spacial score (nSPS) is 14.9. The van der Waals surface area contributed by atoms with Crippen molar-refractivity contribution in [1.82, 2.24) is 4.98 Å². The first-order valence-corrected chi connectivity index (χ1v) is 6.87. The van der Waals surface area contributed by atoms with E-state index in [1.807, 2.05) is 18.2 Å². The molecule has 0 bridgehead atoms. The highest BCUT2D eigenvalue weighted by Crippen LogP contribution is 2.34. The fraction of sp³-hybridized carbons (Fsp3) is 0.214. The molecule has 6 heteroatoms. The monoisotopic (exact) mass is 310 g/mol. The second-order valence-corrected chi connectivity index (χ2v) is 5.25. The number of nitrogens with zero attached hydrogens (tertiary/aromatic N) is 1. The van der Waals surface area contributed by atoms with Gasteiger partial charge in [-0.2, -0.15) is 0 Å². The molecule has 0 saturated heterocycles. The number of ether oxygens (including phenoxy) is 2. The van der Waals surface area contributed by atoms with E-state index < -0.39 is 6.04 Å². The maximum atomic E-state index is 6.21. The minimum Gasteiger partial charge on any atom is -0.486 e. The summed E-state index contributed by atoms with van der Waals surface area (Å²) in [6.45, 7) is 1.09. The van der Waals surface area contributed by atoms with Gasteiger partial charge in [-0.3, -0.25) is 4.98 Å². The van der Waals surface area contributed by atoms with Gasteiger partial charge in [-0.1, -0.05) is 29.3 Å². The van der Waals surface area contributed by atoms with Gasteiger partial charge in [-0.05, 0) is 23.8 Å². The van der Waals surface area contributed by atoms with Gasteiger partial charge in [0.1, 0.15) is 13.2 Å². The van der Waals surface area contributed by atoms with Crippen LogP contribution in [-0.4, -0.2) is 18.2 Å². The summed E-state index contributed by atoms with van der Waals surface area (Å²) in [5.41, 5.74) is 7.64. The van der Waals surface area contributed by atoms with Gasteiger partial charge < -0.3 is 15.2 Å². The maximum absolute atomic E-state index is 6.21. The summed E-state index contributed by atoms with van der Waals surface area (Å²) in [5, 5.41) is 0.924. The van der Waals surface area contributed by atoms with E-state index in [1.54, 1.807) is 6.07 Å². The summed E-state index contributed by atoms with van der Waals surface area (Å²) in [7, 11) is 0. The van der Waals surface area contributed by atoms with Crippen molar-refractivity contribution in [1.29, 1.82) is 0 Å². The van der Waals surface area contributed by atoms with Gasteiger partial charge in [0.25, 0.3) is 0 Å². The Bertz CT molecular complexity index is 649. The van der Waals surface area contributed by atoms with Gasteiger partial charge >= 0.3 is 0 Å². The quantitative estimate of drug-likeness (QED) is 0.925. The fourth-order valence-electron chi connectivity index (χ4n) is 2.07. The van der Waals surface area contributed by atoms with Crippen LogP contribution in [0.4, 0.5) is 0 Å². The number of halogens is 2. The zero-order valence-corrected chi connectivity index (χ0v) is 12.0. The molecule has 104 valence electrons. The number of benzene rings is 1. The van der Waals surface area contributed by atoms with Crippen LogP contribution in [0.25, 0.3) is 0 Å². The van der Waals surface area contributed by atoms with Crippen molar-refractivity contribution in [3.05, 3.63) is 51.8 Å². The number of hydrogen-bond acceptors (Lipinski definition) is 4. The molecule has 0 spiro atoms. The lowest BCUT2D eigenvalue weighted by atomic mass is 10.0. The molecule has 2 aromatic rings. The van der Waals surface area contributed by atoms with E-state index in [1.165, 1.54) is 6.20 Å². The zero-order chi connectivity index (χ0) is 14.1. The van der Waals surface area contributed by atoms with E-state index in [9.17, 15) is 0 Å². The molecule has 1 atom stereocenters. The van der Waals surface area contributed by atoms with Crippen molar-refractivity contribution < 1.29 is 9.47 Å². The van der Waals surface area contributed by atoms with Crippen LogP contribution >= 0.6 is 23.2 Å². The summed E-state index contributed by atoms with van der Waals surface area (Å²) in [4.78, 5) is 4.21. The SMILES string of the molecule is NC(c1ccc2c(c1)OCCO2)c1ncc(Cl)cc1Cl. The van der Waals surface area contributed by atoms with E-state index in [0.717, 1.165) is 11.3 Å². The Kier molecular flexibility index (Phi) is 3.70. The molecule has 0 saturated carbocycles. The lowest BCUT2D eigenvalue weighted by molar-refractivity contribution is 0.171. The Labute approximate surface area is 126 Å². The smallest absolute Gasteiger partial charge is 0.161 e. The van der Waals surface area contributed by atoms with Crippen molar-refractivity contribution in [2.75, 3.05) is 13.2 Å². The third-order valence-corrected chi connectivity index (χ3v) is 3.57. The Morgan fingerprint density at radius 1 is 1.10 bits per heavy atom. The van der Waals surface area contributed by atoms with Crippen molar-refractivity contribution in [3.8, 4) is 11.5 Å². The summed E-state index contributed by atoms with van der Waals surface area (Å²) in [6.07, 6.45) is 1.53. The molecule has 1 unspecified atom stereocenters. The van der Waals surface area contributed by atoms with Crippen molar-refractivity contribution in [2.24, 2.45) is 5.73 Å². The standard InChI is InChI=1S/C14H12Cl2N2O2/c15-9-6-10(16)14(18-7-9)13(17)8-1-2-11-12(5-8)20-4-3-19-11/h1-2,5-7,13H,3-4,17H2. The van der Waals surface area contributed by atoms with Gasteiger partial charge in [-0.25, -0.2) is 0 Å². The number of nitrogens with two attached hydrogens (primary N) is 1. The van der Waals surface area contributed by atoms with Crippen molar-refractivity contribution in [3.63, 3.8) is 0 Å². The van der Waals surface area contributed by atoms with Gasteiger partial charge in [0.15, 0.2) is 11.5 Å². The predicted octanol–water partition coefficient (Wildman–Crippen LogP) is 3.21. The third kappa shape index (κ3) is 2.54.